The van der Waals surface area contributed by atoms with E-state index in [-0.39, 0.29) is 0 Å². The topological polar surface area (TPSA) is 62.7 Å². The second-order valence-electron chi connectivity index (χ2n) is 3.89. The largest absolute Gasteiger partial charge is 0.370 e. The molecule has 0 unspecified atom stereocenters. The van der Waals surface area contributed by atoms with Gasteiger partial charge in [-0.05, 0) is 18.6 Å². The van der Waals surface area contributed by atoms with Gasteiger partial charge in [0.25, 0.3) is 0 Å². The van der Waals surface area contributed by atoms with Gasteiger partial charge >= 0.3 is 0 Å². The molecule has 0 radical (unpaired) electrons. The van der Waals surface area contributed by atoms with Gasteiger partial charge in [-0.2, -0.15) is 0 Å². The molecule has 2 aromatic rings. The molecule has 0 saturated carbocycles. The van der Waals surface area contributed by atoms with E-state index in [0.29, 0.717) is 6.54 Å². The van der Waals surface area contributed by atoms with Crippen molar-refractivity contribution in [2.45, 2.75) is 19.9 Å². The summed E-state index contributed by atoms with van der Waals surface area (Å²) in [6.07, 6.45) is 4.41. The van der Waals surface area contributed by atoms with Crippen molar-refractivity contribution in [2.24, 2.45) is 0 Å². The monoisotopic (exact) mass is 243 g/mol. The summed E-state index contributed by atoms with van der Waals surface area (Å²) in [7, 11) is 0. The van der Waals surface area contributed by atoms with Gasteiger partial charge in [-0.3, -0.25) is 4.98 Å². The third-order valence-electron chi connectivity index (χ3n) is 2.40. The van der Waals surface area contributed by atoms with Crippen LogP contribution in [0, 0.1) is 0 Å². The summed E-state index contributed by atoms with van der Waals surface area (Å²) in [5.74, 6) is 1.64. The van der Waals surface area contributed by atoms with Crippen LogP contribution < -0.4 is 10.6 Å². The maximum atomic E-state index is 4.24. The molecule has 2 N–H and O–H groups in total. The molecule has 0 bridgehead atoms. The number of rotatable bonds is 6. The van der Waals surface area contributed by atoms with Crippen molar-refractivity contribution in [3.63, 3.8) is 0 Å². The fourth-order valence-corrected chi connectivity index (χ4v) is 1.49. The minimum Gasteiger partial charge on any atom is -0.370 e. The lowest BCUT2D eigenvalue weighted by atomic mass is 10.3. The molecule has 0 saturated heterocycles. The van der Waals surface area contributed by atoms with Crippen LogP contribution in [0.5, 0.6) is 0 Å². The Morgan fingerprint density at radius 1 is 1.06 bits per heavy atom. The molecule has 18 heavy (non-hydrogen) atoms. The van der Waals surface area contributed by atoms with E-state index in [2.05, 4.69) is 32.5 Å². The Kier molecular flexibility index (Phi) is 4.46. The zero-order chi connectivity index (χ0) is 12.6. The van der Waals surface area contributed by atoms with Gasteiger partial charge in [-0.1, -0.05) is 13.0 Å². The van der Waals surface area contributed by atoms with E-state index in [1.54, 1.807) is 12.5 Å². The number of pyridine rings is 1. The fourth-order valence-electron chi connectivity index (χ4n) is 1.49. The first-order chi connectivity index (χ1) is 8.88. The maximum absolute atomic E-state index is 4.24. The van der Waals surface area contributed by atoms with Gasteiger partial charge in [0, 0.05) is 18.8 Å². The molecule has 2 aromatic heterocycles. The molecule has 5 nitrogen and oxygen atoms in total. The van der Waals surface area contributed by atoms with E-state index in [1.165, 1.54) is 0 Å². The molecule has 94 valence electrons. The van der Waals surface area contributed by atoms with Crippen LogP contribution in [0.2, 0.25) is 0 Å². The average Bonchev–Trinajstić information content (AvgIpc) is 2.44. The highest BCUT2D eigenvalue weighted by molar-refractivity contribution is 5.46. The van der Waals surface area contributed by atoms with E-state index in [0.717, 1.165) is 30.3 Å². The van der Waals surface area contributed by atoms with Crippen molar-refractivity contribution in [3.8, 4) is 0 Å². The Bertz CT molecular complexity index is 472. The van der Waals surface area contributed by atoms with Crippen LogP contribution in [0.4, 0.5) is 11.6 Å². The molecule has 0 spiro atoms. The Morgan fingerprint density at radius 3 is 2.61 bits per heavy atom. The zero-order valence-corrected chi connectivity index (χ0v) is 10.4. The van der Waals surface area contributed by atoms with Gasteiger partial charge in [-0.25, -0.2) is 9.97 Å². The Hall–Kier alpha value is -2.17. The number of hydrogen-bond acceptors (Lipinski definition) is 5. The predicted octanol–water partition coefficient (Wildman–Crippen LogP) is 2.31. The molecule has 0 aliphatic rings. The number of anilines is 2. The van der Waals surface area contributed by atoms with Crippen LogP contribution in [0.15, 0.2) is 36.8 Å². The molecule has 0 aliphatic heterocycles. The van der Waals surface area contributed by atoms with Crippen molar-refractivity contribution >= 4 is 11.6 Å². The van der Waals surface area contributed by atoms with Gasteiger partial charge in [-0.15, -0.1) is 0 Å². The number of hydrogen-bond donors (Lipinski definition) is 2. The number of aromatic nitrogens is 3. The summed E-state index contributed by atoms with van der Waals surface area (Å²) < 4.78 is 0. The SMILES string of the molecule is CCCNc1cc(NCc2ccccn2)ncn1. The lowest BCUT2D eigenvalue weighted by Crippen LogP contribution is -2.06. The first-order valence-electron chi connectivity index (χ1n) is 6.08. The van der Waals surface area contributed by atoms with Crippen molar-refractivity contribution in [1.29, 1.82) is 0 Å². The van der Waals surface area contributed by atoms with Crippen LogP contribution in [0.3, 0.4) is 0 Å². The summed E-state index contributed by atoms with van der Waals surface area (Å²) in [6.45, 7) is 3.69. The normalized spacial score (nSPS) is 10.1. The smallest absolute Gasteiger partial charge is 0.131 e. The molecule has 2 heterocycles. The van der Waals surface area contributed by atoms with Crippen LogP contribution in [-0.4, -0.2) is 21.5 Å². The average molecular weight is 243 g/mol. The molecule has 0 fully saturated rings. The van der Waals surface area contributed by atoms with Crippen LogP contribution in [0.1, 0.15) is 19.0 Å². The Morgan fingerprint density at radius 2 is 1.89 bits per heavy atom. The molecular weight excluding hydrogens is 226 g/mol. The van der Waals surface area contributed by atoms with Crippen molar-refractivity contribution < 1.29 is 0 Å². The molecule has 0 aromatic carbocycles. The summed E-state index contributed by atoms with van der Waals surface area (Å²) in [6, 6.07) is 7.75. The summed E-state index contributed by atoms with van der Waals surface area (Å²) in [5.41, 5.74) is 0.985. The molecule has 0 atom stereocenters. The lowest BCUT2D eigenvalue weighted by Gasteiger charge is -2.07. The second-order valence-corrected chi connectivity index (χ2v) is 3.89. The van der Waals surface area contributed by atoms with Gasteiger partial charge in [0.2, 0.25) is 0 Å². The summed E-state index contributed by atoms with van der Waals surface area (Å²) in [5, 5.41) is 6.45. The van der Waals surface area contributed by atoms with Crippen LogP contribution in [0.25, 0.3) is 0 Å². The first kappa shape index (κ1) is 12.3. The molecule has 2 rings (SSSR count). The highest BCUT2D eigenvalue weighted by Gasteiger charge is 1.98. The highest BCUT2D eigenvalue weighted by Crippen LogP contribution is 2.09. The fraction of sp³-hybridized carbons (Fsp3) is 0.308. The Labute approximate surface area is 107 Å². The summed E-state index contributed by atoms with van der Waals surface area (Å²) >= 11 is 0. The second kappa shape index (κ2) is 6.54. The third-order valence-corrected chi connectivity index (χ3v) is 2.40. The lowest BCUT2D eigenvalue weighted by molar-refractivity contribution is 0.961. The van der Waals surface area contributed by atoms with E-state index in [4.69, 9.17) is 0 Å². The van der Waals surface area contributed by atoms with Gasteiger partial charge in [0.1, 0.15) is 18.0 Å². The van der Waals surface area contributed by atoms with Crippen molar-refractivity contribution in [3.05, 3.63) is 42.5 Å². The maximum Gasteiger partial charge on any atom is 0.131 e. The molecule has 0 amide bonds. The number of nitrogens with one attached hydrogen (secondary N) is 2. The van der Waals surface area contributed by atoms with Gasteiger partial charge < -0.3 is 10.6 Å². The quantitative estimate of drug-likeness (QED) is 0.815. The minimum atomic E-state index is 0.658. The van der Waals surface area contributed by atoms with Crippen LogP contribution >= 0.6 is 0 Å². The molecule has 5 heteroatoms. The predicted molar refractivity (Wildman–Crippen MR) is 72.4 cm³/mol. The third kappa shape index (κ3) is 3.69. The van der Waals surface area contributed by atoms with Crippen LogP contribution in [-0.2, 0) is 6.54 Å². The minimum absolute atomic E-state index is 0.658. The van der Waals surface area contributed by atoms with Gasteiger partial charge in [0.05, 0.1) is 12.2 Å². The van der Waals surface area contributed by atoms with E-state index >= 15 is 0 Å². The van der Waals surface area contributed by atoms with E-state index < -0.39 is 0 Å². The standard InChI is InChI=1S/C13H17N5/c1-2-6-15-12-8-13(18-10-17-12)16-9-11-5-3-4-7-14-11/h3-5,7-8,10H,2,6,9H2,1H3,(H2,15,16,17,18). The zero-order valence-electron chi connectivity index (χ0n) is 10.4. The van der Waals surface area contributed by atoms with Crippen molar-refractivity contribution in [1.82, 2.24) is 15.0 Å². The van der Waals surface area contributed by atoms with E-state index in [9.17, 15) is 0 Å². The van der Waals surface area contributed by atoms with Gasteiger partial charge in [0.15, 0.2) is 0 Å². The van der Waals surface area contributed by atoms with Crippen molar-refractivity contribution in [2.75, 3.05) is 17.2 Å². The number of nitrogens with zero attached hydrogens (tertiary/aromatic N) is 3. The summed E-state index contributed by atoms with van der Waals surface area (Å²) in [4.78, 5) is 12.6. The Balaban J connectivity index is 1.93. The van der Waals surface area contributed by atoms with E-state index in [1.807, 2.05) is 24.3 Å². The molecular formula is C13H17N5. The first-order valence-corrected chi connectivity index (χ1v) is 6.08. The molecule has 0 aliphatic carbocycles. The highest BCUT2D eigenvalue weighted by atomic mass is 15.1.